The normalized spacial score (nSPS) is 14.3. The molecule has 0 radical (unpaired) electrons. The van der Waals surface area contributed by atoms with E-state index in [4.69, 9.17) is 9.47 Å². The highest BCUT2D eigenvalue weighted by atomic mass is 16.5. The Bertz CT molecular complexity index is 822. The molecule has 1 atom stereocenters. The zero-order valence-corrected chi connectivity index (χ0v) is 16.4. The SMILES string of the molecule is CCC(C)NC(=O)c1cc(N2CCc3cc(OC)c(OC)cc3C2)ccn1. The van der Waals surface area contributed by atoms with E-state index in [-0.39, 0.29) is 11.9 Å². The summed E-state index contributed by atoms with van der Waals surface area (Å²) in [7, 11) is 3.30. The first-order valence-electron chi connectivity index (χ1n) is 9.31. The number of nitrogens with zero attached hydrogens (tertiary/aromatic N) is 2. The largest absolute Gasteiger partial charge is 0.493 e. The van der Waals surface area contributed by atoms with Gasteiger partial charge in [-0.05, 0) is 55.2 Å². The number of carbonyl (C=O) groups is 1. The molecule has 1 amide bonds. The van der Waals surface area contributed by atoms with Crippen molar-refractivity contribution in [2.45, 2.75) is 39.3 Å². The Balaban J connectivity index is 1.81. The first-order chi connectivity index (χ1) is 13.0. The maximum absolute atomic E-state index is 12.4. The molecule has 1 aromatic heterocycles. The maximum Gasteiger partial charge on any atom is 0.270 e. The second-order valence-corrected chi connectivity index (χ2v) is 6.83. The van der Waals surface area contributed by atoms with Gasteiger partial charge in [0, 0.05) is 31.0 Å². The molecule has 2 aromatic rings. The van der Waals surface area contributed by atoms with Crippen LogP contribution in [0.3, 0.4) is 0 Å². The zero-order chi connectivity index (χ0) is 19.4. The second-order valence-electron chi connectivity index (χ2n) is 6.83. The van der Waals surface area contributed by atoms with E-state index in [1.165, 1.54) is 11.1 Å². The highest BCUT2D eigenvalue weighted by Gasteiger charge is 2.21. The monoisotopic (exact) mass is 369 g/mol. The Morgan fingerprint density at radius 3 is 2.59 bits per heavy atom. The third kappa shape index (κ3) is 4.15. The average molecular weight is 369 g/mol. The number of ether oxygens (including phenoxy) is 2. The zero-order valence-electron chi connectivity index (χ0n) is 16.4. The minimum absolute atomic E-state index is 0.130. The fourth-order valence-corrected chi connectivity index (χ4v) is 3.24. The van der Waals surface area contributed by atoms with Gasteiger partial charge in [0.25, 0.3) is 5.91 Å². The van der Waals surface area contributed by atoms with Gasteiger partial charge in [0.1, 0.15) is 5.69 Å². The van der Waals surface area contributed by atoms with E-state index in [9.17, 15) is 4.79 Å². The van der Waals surface area contributed by atoms with Crippen LogP contribution in [0.25, 0.3) is 0 Å². The number of nitrogens with one attached hydrogen (secondary N) is 1. The van der Waals surface area contributed by atoms with E-state index in [2.05, 4.69) is 21.3 Å². The molecule has 0 saturated carbocycles. The van der Waals surface area contributed by atoms with Crippen LogP contribution >= 0.6 is 0 Å². The van der Waals surface area contributed by atoms with Gasteiger partial charge < -0.3 is 19.7 Å². The molecule has 27 heavy (non-hydrogen) atoms. The Hall–Kier alpha value is -2.76. The number of amides is 1. The molecular weight excluding hydrogens is 342 g/mol. The molecule has 1 unspecified atom stereocenters. The number of hydrogen-bond acceptors (Lipinski definition) is 5. The van der Waals surface area contributed by atoms with Crippen LogP contribution in [-0.4, -0.2) is 37.7 Å². The molecule has 1 aromatic carbocycles. The van der Waals surface area contributed by atoms with Crippen molar-refractivity contribution in [1.82, 2.24) is 10.3 Å². The third-order valence-corrected chi connectivity index (χ3v) is 5.05. The number of carbonyl (C=O) groups excluding carboxylic acids is 1. The third-order valence-electron chi connectivity index (χ3n) is 5.05. The minimum atomic E-state index is -0.130. The molecule has 1 aliphatic heterocycles. The molecule has 3 rings (SSSR count). The van der Waals surface area contributed by atoms with E-state index in [0.29, 0.717) is 5.69 Å². The van der Waals surface area contributed by atoms with Gasteiger partial charge in [-0.15, -0.1) is 0 Å². The highest BCUT2D eigenvalue weighted by molar-refractivity contribution is 5.93. The van der Waals surface area contributed by atoms with Gasteiger partial charge in [-0.1, -0.05) is 6.92 Å². The van der Waals surface area contributed by atoms with Gasteiger partial charge in [0.05, 0.1) is 14.2 Å². The van der Waals surface area contributed by atoms with Crippen LogP contribution < -0.4 is 19.7 Å². The number of fused-ring (bicyclic) bond motifs is 1. The molecule has 1 aliphatic rings. The van der Waals surface area contributed by atoms with Gasteiger partial charge in [0.2, 0.25) is 0 Å². The summed E-state index contributed by atoms with van der Waals surface area (Å²) >= 11 is 0. The van der Waals surface area contributed by atoms with Crippen LogP contribution in [0.1, 0.15) is 41.9 Å². The van der Waals surface area contributed by atoms with Crippen molar-refractivity contribution < 1.29 is 14.3 Å². The van der Waals surface area contributed by atoms with E-state index in [1.807, 2.05) is 32.0 Å². The summed E-state index contributed by atoms with van der Waals surface area (Å²) < 4.78 is 10.8. The van der Waals surface area contributed by atoms with E-state index < -0.39 is 0 Å². The van der Waals surface area contributed by atoms with Crippen molar-refractivity contribution in [1.29, 1.82) is 0 Å². The molecule has 2 heterocycles. The summed E-state index contributed by atoms with van der Waals surface area (Å²) in [5.74, 6) is 1.37. The summed E-state index contributed by atoms with van der Waals surface area (Å²) in [5, 5.41) is 2.97. The summed E-state index contributed by atoms with van der Waals surface area (Å²) in [6.45, 7) is 5.67. The number of aromatic nitrogens is 1. The molecule has 0 aliphatic carbocycles. The van der Waals surface area contributed by atoms with Gasteiger partial charge in [-0.25, -0.2) is 0 Å². The summed E-state index contributed by atoms with van der Waals surface area (Å²) in [6.07, 6.45) is 3.50. The van der Waals surface area contributed by atoms with Crippen LogP contribution in [0, 0.1) is 0 Å². The van der Waals surface area contributed by atoms with Crippen LogP contribution in [0.5, 0.6) is 11.5 Å². The molecule has 1 N–H and O–H groups in total. The number of anilines is 1. The van der Waals surface area contributed by atoms with Crippen LogP contribution in [0.4, 0.5) is 5.69 Å². The number of rotatable bonds is 6. The van der Waals surface area contributed by atoms with Crippen LogP contribution in [0.15, 0.2) is 30.5 Å². The number of benzene rings is 1. The van der Waals surface area contributed by atoms with Crippen molar-refractivity contribution in [3.05, 3.63) is 47.3 Å². The summed E-state index contributed by atoms with van der Waals surface area (Å²) in [5.41, 5.74) is 3.93. The lowest BCUT2D eigenvalue weighted by atomic mass is 9.98. The quantitative estimate of drug-likeness (QED) is 0.847. The molecule has 144 valence electrons. The minimum Gasteiger partial charge on any atom is -0.493 e. The van der Waals surface area contributed by atoms with E-state index >= 15 is 0 Å². The average Bonchev–Trinajstić information content (AvgIpc) is 2.72. The lowest BCUT2D eigenvalue weighted by Gasteiger charge is -2.31. The maximum atomic E-state index is 12.4. The molecular formula is C21H27N3O3. The Labute approximate surface area is 160 Å². The van der Waals surface area contributed by atoms with Crippen molar-refractivity contribution >= 4 is 11.6 Å². The highest BCUT2D eigenvalue weighted by Crippen LogP contribution is 2.34. The predicted molar refractivity (Wildman–Crippen MR) is 106 cm³/mol. The smallest absolute Gasteiger partial charge is 0.270 e. The topological polar surface area (TPSA) is 63.7 Å². The van der Waals surface area contributed by atoms with Gasteiger partial charge in [-0.3, -0.25) is 9.78 Å². The molecule has 6 heteroatoms. The number of methoxy groups -OCH3 is 2. The second kappa shape index (κ2) is 8.29. The lowest BCUT2D eigenvalue weighted by Crippen LogP contribution is -2.33. The Kier molecular flexibility index (Phi) is 5.84. The Morgan fingerprint density at radius 1 is 1.22 bits per heavy atom. The summed E-state index contributed by atoms with van der Waals surface area (Å²) in [4.78, 5) is 18.9. The van der Waals surface area contributed by atoms with Gasteiger partial charge in [0.15, 0.2) is 11.5 Å². The molecule has 0 saturated heterocycles. The fraction of sp³-hybridized carbons (Fsp3) is 0.429. The number of hydrogen-bond donors (Lipinski definition) is 1. The van der Waals surface area contributed by atoms with Crippen molar-refractivity contribution in [3.63, 3.8) is 0 Å². The predicted octanol–water partition coefficient (Wildman–Crippen LogP) is 3.19. The molecule has 0 spiro atoms. The van der Waals surface area contributed by atoms with Crippen LogP contribution in [0.2, 0.25) is 0 Å². The van der Waals surface area contributed by atoms with Gasteiger partial charge in [-0.2, -0.15) is 0 Å². The van der Waals surface area contributed by atoms with Gasteiger partial charge >= 0.3 is 0 Å². The van der Waals surface area contributed by atoms with E-state index in [1.54, 1.807) is 20.4 Å². The van der Waals surface area contributed by atoms with Crippen molar-refractivity contribution in [2.24, 2.45) is 0 Å². The molecule has 0 fully saturated rings. The Morgan fingerprint density at radius 2 is 1.93 bits per heavy atom. The van der Waals surface area contributed by atoms with Crippen molar-refractivity contribution in [3.8, 4) is 11.5 Å². The van der Waals surface area contributed by atoms with E-state index in [0.717, 1.165) is 43.1 Å². The first-order valence-corrected chi connectivity index (χ1v) is 9.31. The van der Waals surface area contributed by atoms with Crippen molar-refractivity contribution in [2.75, 3.05) is 25.7 Å². The fourth-order valence-electron chi connectivity index (χ4n) is 3.24. The first kappa shape index (κ1) is 19.0. The standard InChI is InChI=1S/C21H27N3O3/c1-5-14(2)23-21(25)18-12-17(6-8-22-18)24-9-7-15-10-19(26-3)20(27-4)11-16(15)13-24/h6,8,10-12,14H,5,7,9,13H2,1-4H3,(H,23,25). The lowest BCUT2D eigenvalue weighted by molar-refractivity contribution is 0.0934. The molecule has 6 nitrogen and oxygen atoms in total. The number of pyridine rings is 1. The molecule has 0 bridgehead atoms. The van der Waals surface area contributed by atoms with Crippen LogP contribution in [-0.2, 0) is 13.0 Å². The summed E-state index contributed by atoms with van der Waals surface area (Å²) in [6, 6.07) is 8.04.